The summed E-state index contributed by atoms with van der Waals surface area (Å²) in [5.74, 6) is 0.485. The second-order valence-electron chi connectivity index (χ2n) is 4.87. The third-order valence-corrected chi connectivity index (χ3v) is 3.19. The Morgan fingerprint density at radius 3 is 2.80 bits per heavy atom. The molecule has 5 heteroatoms. The van der Waals surface area contributed by atoms with Crippen molar-refractivity contribution in [1.82, 2.24) is 15.2 Å². The van der Waals surface area contributed by atoms with Gasteiger partial charge in [0.1, 0.15) is 5.52 Å². The first-order chi connectivity index (χ1) is 9.52. The Morgan fingerprint density at radius 1 is 1.40 bits per heavy atom. The number of ether oxygens (including phenoxy) is 1. The molecular weight excluding hydrogens is 254 g/mol. The number of hydrogen-bond donors (Lipinski definition) is 1. The molecule has 2 aromatic rings. The van der Waals surface area contributed by atoms with E-state index in [9.17, 15) is 4.79 Å². The summed E-state index contributed by atoms with van der Waals surface area (Å²) in [6, 6.07) is 7.90. The lowest BCUT2D eigenvalue weighted by Gasteiger charge is -2.16. The van der Waals surface area contributed by atoms with Crippen LogP contribution in [0.25, 0.3) is 10.9 Å². The Morgan fingerprint density at radius 2 is 2.15 bits per heavy atom. The van der Waals surface area contributed by atoms with Crippen molar-refractivity contribution in [3.8, 4) is 5.75 Å². The van der Waals surface area contributed by atoms with Gasteiger partial charge in [-0.2, -0.15) is 0 Å². The van der Waals surface area contributed by atoms with Gasteiger partial charge in [-0.1, -0.05) is 6.07 Å². The Labute approximate surface area is 118 Å². The summed E-state index contributed by atoms with van der Waals surface area (Å²) >= 11 is 0. The molecule has 0 saturated carbocycles. The van der Waals surface area contributed by atoms with Crippen LogP contribution in [0.15, 0.2) is 30.5 Å². The van der Waals surface area contributed by atoms with Gasteiger partial charge >= 0.3 is 6.09 Å². The number of carbonyl (C=O) groups is 1. The van der Waals surface area contributed by atoms with E-state index < -0.39 is 6.09 Å². The highest BCUT2D eigenvalue weighted by atomic mass is 16.6. The molecule has 1 atom stereocenters. The number of benzene rings is 1. The van der Waals surface area contributed by atoms with Crippen LogP contribution in [0.1, 0.15) is 18.5 Å². The van der Waals surface area contributed by atoms with Crippen molar-refractivity contribution in [2.45, 2.75) is 13.0 Å². The van der Waals surface area contributed by atoms with E-state index in [0.29, 0.717) is 11.3 Å². The van der Waals surface area contributed by atoms with E-state index in [2.05, 4.69) is 23.3 Å². The highest BCUT2D eigenvalue weighted by molar-refractivity contribution is 5.87. The SMILES string of the molecule is CNC(C)c1cc(OC(=O)N(C)C)c2ncccc2c1. The van der Waals surface area contributed by atoms with Crippen molar-refractivity contribution in [2.75, 3.05) is 21.1 Å². The highest BCUT2D eigenvalue weighted by Crippen LogP contribution is 2.28. The second-order valence-corrected chi connectivity index (χ2v) is 4.87. The molecule has 1 N–H and O–H groups in total. The first-order valence-electron chi connectivity index (χ1n) is 6.48. The number of carbonyl (C=O) groups excluding carboxylic acids is 1. The fraction of sp³-hybridized carbons (Fsp3) is 0.333. The minimum Gasteiger partial charge on any atom is -0.408 e. The molecule has 106 valence electrons. The minimum atomic E-state index is -0.411. The zero-order valence-corrected chi connectivity index (χ0v) is 12.2. The zero-order valence-electron chi connectivity index (χ0n) is 12.2. The lowest BCUT2D eigenvalue weighted by Crippen LogP contribution is -2.25. The van der Waals surface area contributed by atoms with Crippen LogP contribution >= 0.6 is 0 Å². The molecular formula is C15H19N3O2. The maximum Gasteiger partial charge on any atom is 0.414 e. The molecule has 1 aromatic heterocycles. The summed E-state index contributed by atoms with van der Waals surface area (Å²) < 4.78 is 5.42. The van der Waals surface area contributed by atoms with Crippen LogP contribution in [-0.4, -0.2) is 37.1 Å². The van der Waals surface area contributed by atoms with Gasteiger partial charge in [-0.15, -0.1) is 0 Å². The quantitative estimate of drug-likeness (QED) is 0.934. The third-order valence-electron chi connectivity index (χ3n) is 3.19. The molecule has 0 spiro atoms. The summed E-state index contributed by atoms with van der Waals surface area (Å²) in [4.78, 5) is 17.5. The highest BCUT2D eigenvalue weighted by Gasteiger charge is 2.14. The Bertz CT molecular complexity index is 626. The molecule has 1 unspecified atom stereocenters. The molecule has 0 radical (unpaired) electrons. The van der Waals surface area contributed by atoms with E-state index in [1.807, 2.05) is 25.2 Å². The zero-order chi connectivity index (χ0) is 14.7. The number of fused-ring (bicyclic) bond motifs is 1. The normalized spacial score (nSPS) is 12.2. The van der Waals surface area contributed by atoms with Crippen molar-refractivity contribution in [1.29, 1.82) is 0 Å². The molecule has 0 saturated heterocycles. The number of nitrogens with zero attached hydrogens (tertiary/aromatic N) is 2. The Kier molecular flexibility index (Phi) is 4.20. The van der Waals surface area contributed by atoms with Gasteiger partial charge in [0, 0.05) is 31.7 Å². The Balaban J connectivity index is 2.52. The average Bonchev–Trinajstić information content (AvgIpc) is 2.46. The molecule has 1 amide bonds. The van der Waals surface area contributed by atoms with Gasteiger partial charge in [0.25, 0.3) is 0 Å². The Hall–Kier alpha value is -2.14. The van der Waals surface area contributed by atoms with Gasteiger partial charge in [0.15, 0.2) is 5.75 Å². The fourth-order valence-corrected chi connectivity index (χ4v) is 1.86. The summed E-state index contributed by atoms with van der Waals surface area (Å²) in [6.07, 6.45) is 1.28. The number of rotatable bonds is 3. The molecule has 0 aliphatic heterocycles. The van der Waals surface area contributed by atoms with E-state index in [0.717, 1.165) is 10.9 Å². The number of nitrogens with one attached hydrogen (secondary N) is 1. The summed E-state index contributed by atoms with van der Waals surface area (Å²) in [5.41, 5.74) is 1.74. The lowest BCUT2D eigenvalue weighted by molar-refractivity contribution is 0.172. The van der Waals surface area contributed by atoms with Gasteiger partial charge in [-0.25, -0.2) is 4.79 Å². The molecule has 1 heterocycles. The van der Waals surface area contributed by atoms with Crippen LogP contribution in [0, 0.1) is 0 Å². The number of aromatic nitrogens is 1. The van der Waals surface area contributed by atoms with Crippen molar-refractivity contribution in [3.05, 3.63) is 36.0 Å². The van der Waals surface area contributed by atoms with Crippen LogP contribution in [0.3, 0.4) is 0 Å². The molecule has 0 aliphatic rings. The van der Waals surface area contributed by atoms with Crippen molar-refractivity contribution in [3.63, 3.8) is 0 Å². The smallest absolute Gasteiger partial charge is 0.408 e. The van der Waals surface area contributed by atoms with Gasteiger partial charge < -0.3 is 15.0 Å². The van der Waals surface area contributed by atoms with Crippen LogP contribution in [0.4, 0.5) is 4.79 Å². The molecule has 1 aromatic carbocycles. The molecule has 0 aliphatic carbocycles. The van der Waals surface area contributed by atoms with Gasteiger partial charge in [0.2, 0.25) is 0 Å². The first kappa shape index (κ1) is 14.3. The maximum absolute atomic E-state index is 11.8. The number of amides is 1. The largest absolute Gasteiger partial charge is 0.414 e. The van der Waals surface area contributed by atoms with E-state index in [1.54, 1.807) is 20.3 Å². The van der Waals surface area contributed by atoms with Crippen LogP contribution < -0.4 is 10.1 Å². The molecule has 0 bridgehead atoms. The summed E-state index contributed by atoms with van der Waals surface area (Å²) in [5, 5.41) is 4.13. The molecule has 0 fully saturated rings. The number of hydrogen-bond acceptors (Lipinski definition) is 4. The number of pyridine rings is 1. The summed E-state index contributed by atoms with van der Waals surface area (Å²) in [6.45, 7) is 2.05. The predicted octanol–water partition coefficient (Wildman–Crippen LogP) is 2.58. The van der Waals surface area contributed by atoms with E-state index in [-0.39, 0.29) is 6.04 Å². The minimum absolute atomic E-state index is 0.163. The van der Waals surface area contributed by atoms with Gasteiger partial charge in [0.05, 0.1) is 0 Å². The topological polar surface area (TPSA) is 54.5 Å². The molecule has 5 nitrogen and oxygen atoms in total. The maximum atomic E-state index is 11.8. The van der Waals surface area contributed by atoms with Crippen LogP contribution in [0.5, 0.6) is 5.75 Å². The molecule has 2 rings (SSSR count). The van der Waals surface area contributed by atoms with Crippen molar-refractivity contribution < 1.29 is 9.53 Å². The fourth-order valence-electron chi connectivity index (χ4n) is 1.86. The summed E-state index contributed by atoms with van der Waals surface area (Å²) in [7, 11) is 5.19. The van der Waals surface area contributed by atoms with Crippen molar-refractivity contribution in [2.24, 2.45) is 0 Å². The van der Waals surface area contributed by atoms with Crippen LogP contribution in [0.2, 0.25) is 0 Å². The monoisotopic (exact) mass is 273 g/mol. The third kappa shape index (κ3) is 2.88. The van der Waals surface area contributed by atoms with Crippen LogP contribution in [-0.2, 0) is 0 Å². The molecule has 20 heavy (non-hydrogen) atoms. The average molecular weight is 273 g/mol. The van der Waals surface area contributed by atoms with E-state index in [1.165, 1.54) is 4.90 Å². The first-order valence-corrected chi connectivity index (χ1v) is 6.48. The van der Waals surface area contributed by atoms with E-state index >= 15 is 0 Å². The van der Waals surface area contributed by atoms with E-state index in [4.69, 9.17) is 4.74 Å². The predicted molar refractivity (Wildman–Crippen MR) is 78.9 cm³/mol. The standard InChI is InChI=1S/C15H19N3O2/c1-10(16-2)12-8-11-6-5-7-17-14(11)13(9-12)20-15(19)18(3)4/h5-10,16H,1-4H3. The van der Waals surface area contributed by atoms with Gasteiger partial charge in [-0.05, 0) is 37.7 Å². The lowest BCUT2D eigenvalue weighted by atomic mass is 10.0. The van der Waals surface area contributed by atoms with Crippen molar-refractivity contribution >= 4 is 17.0 Å². The second kappa shape index (κ2) is 5.88. The van der Waals surface area contributed by atoms with Gasteiger partial charge in [-0.3, -0.25) is 4.98 Å².